The van der Waals surface area contributed by atoms with Crippen LogP contribution in [0.2, 0.25) is 0 Å². The van der Waals surface area contributed by atoms with Crippen molar-refractivity contribution in [1.82, 2.24) is 14.7 Å². The van der Waals surface area contributed by atoms with Gasteiger partial charge in [-0.2, -0.15) is 4.98 Å². The van der Waals surface area contributed by atoms with Crippen molar-refractivity contribution in [3.8, 4) is 0 Å². The van der Waals surface area contributed by atoms with Gasteiger partial charge in [0.1, 0.15) is 6.20 Å². The van der Waals surface area contributed by atoms with Crippen molar-refractivity contribution >= 4 is 27.5 Å². The van der Waals surface area contributed by atoms with E-state index in [9.17, 15) is 18.5 Å². The molecule has 0 amide bonds. The third-order valence-electron chi connectivity index (χ3n) is 2.31. The first kappa shape index (κ1) is 17.0. The van der Waals surface area contributed by atoms with Crippen LogP contribution in [0.5, 0.6) is 0 Å². The fraction of sp³-hybridized carbons (Fsp3) is 0.600. The van der Waals surface area contributed by atoms with Gasteiger partial charge in [0.15, 0.2) is 0 Å². The molecule has 0 aliphatic rings. The van der Waals surface area contributed by atoms with Crippen molar-refractivity contribution in [2.75, 3.05) is 36.5 Å². The molecule has 118 valence electrons. The molecule has 0 radical (unpaired) electrons. The molecule has 0 unspecified atom stereocenters. The van der Waals surface area contributed by atoms with Gasteiger partial charge in [-0.25, -0.2) is 18.1 Å². The van der Waals surface area contributed by atoms with Crippen molar-refractivity contribution < 1.29 is 13.3 Å². The highest BCUT2D eigenvalue weighted by molar-refractivity contribution is 7.88. The maximum atomic E-state index is 10.9. The van der Waals surface area contributed by atoms with Crippen molar-refractivity contribution in [3.63, 3.8) is 0 Å². The minimum Gasteiger partial charge on any atom is -0.364 e. The number of hydrogen-bond donors (Lipinski definition) is 3. The first-order valence-electron chi connectivity index (χ1n) is 6.27. The zero-order valence-electron chi connectivity index (χ0n) is 11.8. The van der Waals surface area contributed by atoms with Gasteiger partial charge < -0.3 is 10.6 Å². The van der Waals surface area contributed by atoms with E-state index < -0.39 is 14.9 Å². The van der Waals surface area contributed by atoms with E-state index in [4.69, 9.17) is 0 Å². The van der Waals surface area contributed by atoms with Crippen LogP contribution in [0.3, 0.4) is 0 Å². The molecule has 0 atom stereocenters. The summed E-state index contributed by atoms with van der Waals surface area (Å²) in [6.07, 6.45) is 2.66. The van der Waals surface area contributed by atoms with Gasteiger partial charge in [-0.1, -0.05) is 0 Å². The predicted octanol–water partition coefficient (Wildman–Crippen LogP) is 0.168. The van der Waals surface area contributed by atoms with Crippen LogP contribution in [-0.4, -0.2) is 49.2 Å². The molecule has 1 aromatic heterocycles. The number of aromatic nitrogens is 2. The third-order valence-corrected chi connectivity index (χ3v) is 3.04. The smallest absolute Gasteiger partial charge is 0.329 e. The van der Waals surface area contributed by atoms with Gasteiger partial charge in [-0.15, -0.1) is 0 Å². The van der Waals surface area contributed by atoms with E-state index in [1.165, 1.54) is 0 Å². The molecular formula is C10H18N6O4S. The van der Waals surface area contributed by atoms with E-state index in [0.717, 1.165) is 12.5 Å². The van der Waals surface area contributed by atoms with E-state index in [-0.39, 0.29) is 18.1 Å². The number of rotatable bonds is 9. The Hall–Kier alpha value is -2.01. The molecule has 1 aromatic rings. The number of nitro groups is 1. The minimum atomic E-state index is -3.23. The molecule has 0 bridgehead atoms. The van der Waals surface area contributed by atoms with Gasteiger partial charge in [0.25, 0.3) is 0 Å². The normalized spacial score (nSPS) is 11.1. The van der Waals surface area contributed by atoms with Crippen molar-refractivity contribution in [3.05, 3.63) is 16.3 Å². The van der Waals surface area contributed by atoms with E-state index in [1.54, 1.807) is 0 Å². The molecule has 0 fully saturated rings. The lowest BCUT2D eigenvalue weighted by Crippen LogP contribution is -2.24. The van der Waals surface area contributed by atoms with Gasteiger partial charge >= 0.3 is 5.69 Å². The van der Waals surface area contributed by atoms with Crippen LogP contribution in [-0.2, 0) is 10.0 Å². The average molecular weight is 318 g/mol. The van der Waals surface area contributed by atoms with Crippen LogP contribution in [0.25, 0.3) is 0 Å². The molecule has 0 aliphatic heterocycles. The Balaban J connectivity index is 2.63. The van der Waals surface area contributed by atoms with Gasteiger partial charge in [0.2, 0.25) is 21.8 Å². The van der Waals surface area contributed by atoms with Crippen LogP contribution in [0.1, 0.15) is 13.3 Å². The molecule has 21 heavy (non-hydrogen) atoms. The van der Waals surface area contributed by atoms with Crippen molar-refractivity contribution in [2.24, 2.45) is 0 Å². The highest BCUT2D eigenvalue weighted by Gasteiger charge is 2.16. The summed E-state index contributed by atoms with van der Waals surface area (Å²) in [5.74, 6) is 0.394. The zero-order valence-corrected chi connectivity index (χ0v) is 12.6. The lowest BCUT2D eigenvalue weighted by atomic mass is 10.4. The molecule has 3 N–H and O–H groups in total. The maximum Gasteiger partial charge on any atom is 0.329 e. The summed E-state index contributed by atoms with van der Waals surface area (Å²) < 4.78 is 24.1. The average Bonchev–Trinajstić information content (AvgIpc) is 2.37. The van der Waals surface area contributed by atoms with Crippen LogP contribution >= 0.6 is 0 Å². The molecule has 0 spiro atoms. The molecule has 10 nitrogen and oxygen atoms in total. The lowest BCUT2D eigenvalue weighted by molar-refractivity contribution is -0.384. The number of hydrogen-bond acceptors (Lipinski definition) is 8. The number of nitrogens with zero attached hydrogens (tertiary/aromatic N) is 3. The zero-order chi connectivity index (χ0) is 15.9. The first-order chi connectivity index (χ1) is 9.83. The predicted molar refractivity (Wildman–Crippen MR) is 78.8 cm³/mol. The Bertz CT molecular complexity index is 591. The first-order valence-corrected chi connectivity index (χ1v) is 8.16. The molecule has 0 saturated heterocycles. The van der Waals surface area contributed by atoms with E-state index >= 15 is 0 Å². The van der Waals surface area contributed by atoms with Gasteiger partial charge in [-0.3, -0.25) is 10.1 Å². The molecule has 1 rings (SSSR count). The second-order valence-electron chi connectivity index (χ2n) is 4.16. The van der Waals surface area contributed by atoms with Crippen LogP contribution < -0.4 is 15.4 Å². The van der Waals surface area contributed by atoms with Gasteiger partial charge in [0.05, 0.1) is 11.2 Å². The molecule has 1 heterocycles. The van der Waals surface area contributed by atoms with Crippen LogP contribution in [0.4, 0.5) is 17.5 Å². The minimum absolute atomic E-state index is 0.102. The summed E-state index contributed by atoms with van der Waals surface area (Å²) in [5.41, 5.74) is -0.229. The monoisotopic (exact) mass is 318 g/mol. The van der Waals surface area contributed by atoms with Crippen molar-refractivity contribution in [2.45, 2.75) is 13.3 Å². The summed E-state index contributed by atoms with van der Waals surface area (Å²) in [6, 6.07) is 0. The Morgan fingerprint density at radius 2 is 2.05 bits per heavy atom. The lowest BCUT2D eigenvalue weighted by Gasteiger charge is -2.08. The fourth-order valence-corrected chi connectivity index (χ4v) is 1.95. The molecular weight excluding hydrogens is 300 g/mol. The molecule has 0 aliphatic carbocycles. The van der Waals surface area contributed by atoms with E-state index in [1.807, 2.05) is 6.92 Å². The van der Waals surface area contributed by atoms with Crippen LogP contribution in [0, 0.1) is 10.1 Å². The second kappa shape index (κ2) is 7.69. The number of sulfonamides is 1. The summed E-state index contributed by atoms with van der Waals surface area (Å²) >= 11 is 0. The Morgan fingerprint density at radius 1 is 1.33 bits per heavy atom. The second-order valence-corrected chi connectivity index (χ2v) is 5.99. The van der Waals surface area contributed by atoms with Gasteiger partial charge in [-0.05, 0) is 13.3 Å². The quantitative estimate of drug-likeness (QED) is 0.332. The summed E-state index contributed by atoms with van der Waals surface area (Å²) in [6.45, 7) is 3.03. The molecule has 0 saturated carbocycles. The Morgan fingerprint density at radius 3 is 2.62 bits per heavy atom. The topological polar surface area (TPSA) is 139 Å². The largest absolute Gasteiger partial charge is 0.364 e. The maximum absolute atomic E-state index is 10.9. The summed E-state index contributed by atoms with van der Waals surface area (Å²) in [4.78, 5) is 18.2. The third kappa shape index (κ3) is 6.31. The van der Waals surface area contributed by atoms with Crippen LogP contribution in [0.15, 0.2) is 6.20 Å². The number of anilines is 2. The molecule has 11 heteroatoms. The molecule has 0 aromatic carbocycles. The standard InChI is InChI=1S/C10H18N6O4S/c1-3-11-10-13-7-8(16(17)18)9(15-10)12-5-4-6-14-21(2,19)20/h7,14H,3-6H2,1-2H3,(H2,11,12,13,15). The highest BCUT2D eigenvalue weighted by Crippen LogP contribution is 2.21. The highest BCUT2D eigenvalue weighted by atomic mass is 32.2. The summed E-state index contributed by atoms with van der Waals surface area (Å²) in [7, 11) is -3.23. The van der Waals surface area contributed by atoms with E-state index in [0.29, 0.717) is 25.5 Å². The SMILES string of the molecule is CCNc1ncc([N+](=O)[O-])c(NCCCNS(C)(=O)=O)n1. The fourth-order valence-electron chi connectivity index (χ4n) is 1.44. The van der Waals surface area contributed by atoms with Gasteiger partial charge in [0, 0.05) is 19.6 Å². The van der Waals surface area contributed by atoms with Crippen molar-refractivity contribution in [1.29, 1.82) is 0 Å². The Labute approximate surface area is 122 Å². The summed E-state index contributed by atoms with van der Waals surface area (Å²) in [5, 5.41) is 16.6. The Kier molecular flexibility index (Phi) is 6.24. The number of nitrogens with one attached hydrogen (secondary N) is 3. The van der Waals surface area contributed by atoms with E-state index in [2.05, 4.69) is 25.3 Å².